The fraction of sp³-hybridized carbons (Fsp3) is 0.455. The third-order valence-electron chi connectivity index (χ3n) is 2.57. The summed E-state index contributed by atoms with van der Waals surface area (Å²) in [6, 6.07) is 3.34. The van der Waals surface area contributed by atoms with Crippen LogP contribution in [0.1, 0.15) is 11.1 Å². The van der Waals surface area contributed by atoms with Gasteiger partial charge in [-0.25, -0.2) is 0 Å². The molecular formula is C11H10F6O2. The average molecular weight is 288 g/mol. The van der Waals surface area contributed by atoms with Gasteiger partial charge in [0.25, 0.3) is 5.60 Å². The predicted octanol–water partition coefficient (Wildman–Crippen LogP) is 2.53. The first-order valence-corrected chi connectivity index (χ1v) is 5.10. The van der Waals surface area contributed by atoms with E-state index in [1.165, 1.54) is 6.07 Å². The summed E-state index contributed by atoms with van der Waals surface area (Å²) in [5.41, 5.74) is -6.18. The van der Waals surface area contributed by atoms with Crippen LogP contribution < -0.4 is 0 Å². The minimum Gasteiger partial charge on any atom is -0.396 e. The molecule has 0 spiro atoms. The van der Waals surface area contributed by atoms with Crippen molar-refractivity contribution in [3.05, 3.63) is 35.4 Å². The Kier molecular flexibility index (Phi) is 4.16. The number of halogens is 6. The second-order valence-electron chi connectivity index (χ2n) is 3.88. The van der Waals surface area contributed by atoms with Gasteiger partial charge >= 0.3 is 12.4 Å². The fourth-order valence-electron chi connectivity index (χ4n) is 1.57. The number of alkyl halides is 6. The summed E-state index contributed by atoms with van der Waals surface area (Å²) in [5.74, 6) is 0. The molecule has 0 unspecified atom stereocenters. The predicted molar refractivity (Wildman–Crippen MR) is 53.2 cm³/mol. The zero-order valence-electron chi connectivity index (χ0n) is 9.39. The van der Waals surface area contributed by atoms with E-state index in [1.807, 2.05) is 0 Å². The Hall–Kier alpha value is -1.28. The second-order valence-corrected chi connectivity index (χ2v) is 3.88. The second kappa shape index (κ2) is 5.01. The highest BCUT2D eigenvalue weighted by molar-refractivity contribution is 5.31. The minimum absolute atomic E-state index is 0.0620. The van der Waals surface area contributed by atoms with Gasteiger partial charge in [-0.3, -0.25) is 0 Å². The van der Waals surface area contributed by atoms with E-state index in [4.69, 9.17) is 10.2 Å². The Morgan fingerprint density at radius 1 is 0.947 bits per heavy atom. The number of aliphatic hydroxyl groups excluding tert-OH is 1. The number of benzene rings is 1. The third-order valence-corrected chi connectivity index (χ3v) is 2.57. The minimum atomic E-state index is -5.90. The molecule has 0 radical (unpaired) electrons. The number of aliphatic hydroxyl groups is 2. The molecular weight excluding hydrogens is 278 g/mol. The van der Waals surface area contributed by atoms with Crippen LogP contribution in [0.5, 0.6) is 0 Å². The van der Waals surface area contributed by atoms with Crippen molar-refractivity contribution in [1.29, 1.82) is 0 Å². The molecule has 0 heterocycles. The van der Waals surface area contributed by atoms with Crippen LogP contribution >= 0.6 is 0 Å². The highest BCUT2D eigenvalue weighted by Gasteiger charge is 2.71. The highest BCUT2D eigenvalue weighted by Crippen LogP contribution is 2.50. The SMILES string of the molecule is OCCc1cccc(C(O)(C(F)(F)F)C(F)(F)F)c1. The van der Waals surface area contributed by atoms with E-state index in [0.717, 1.165) is 6.07 Å². The monoisotopic (exact) mass is 288 g/mol. The highest BCUT2D eigenvalue weighted by atomic mass is 19.4. The smallest absolute Gasteiger partial charge is 0.396 e. The molecule has 1 rings (SSSR count). The molecule has 19 heavy (non-hydrogen) atoms. The Bertz CT molecular complexity index is 424. The number of hydrogen-bond acceptors (Lipinski definition) is 2. The maximum atomic E-state index is 12.6. The van der Waals surface area contributed by atoms with E-state index >= 15 is 0 Å². The van der Waals surface area contributed by atoms with Crippen molar-refractivity contribution in [3.63, 3.8) is 0 Å². The van der Waals surface area contributed by atoms with Gasteiger partial charge in [-0.05, 0) is 12.0 Å². The molecule has 0 saturated heterocycles. The van der Waals surface area contributed by atoms with Crippen molar-refractivity contribution < 1.29 is 36.6 Å². The molecule has 108 valence electrons. The first kappa shape index (κ1) is 15.8. The molecule has 1 aromatic carbocycles. The maximum absolute atomic E-state index is 12.6. The van der Waals surface area contributed by atoms with Gasteiger partial charge < -0.3 is 10.2 Å². The Labute approximate surface area is 104 Å². The molecule has 2 nitrogen and oxygen atoms in total. The van der Waals surface area contributed by atoms with E-state index in [9.17, 15) is 26.3 Å². The molecule has 0 amide bonds. The molecule has 0 aliphatic carbocycles. The lowest BCUT2D eigenvalue weighted by molar-refractivity contribution is -0.376. The maximum Gasteiger partial charge on any atom is 0.430 e. The Balaban J connectivity index is 3.39. The van der Waals surface area contributed by atoms with Crippen LogP contribution in [0.4, 0.5) is 26.3 Å². The normalized spacial score (nSPS) is 13.7. The molecule has 1 aromatic rings. The van der Waals surface area contributed by atoms with Gasteiger partial charge in [0.05, 0.1) is 0 Å². The van der Waals surface area contributed by atoms with Crippen LogP contribution in [-0.4, -0.2) is 29.2 Å². The number of hydrogen-bond donors (Lipinski definition) is 2. The zero-order chi connectivity index (χ0) is 14.9. The summed E-state index contributed by atoms with van der Waals surface area (Å²) in [4.78, 5) is 0. The van der Waals surface area contributed by atoms with Crippen LogP contribution in [-0.2, 0) is 12.0 Å². The van der Waals surface area contributed by atoms with Gasteiger partial charge in [0.1, 0.15) is 0 Å². The summed E-state index contributed by atoms with van der Waals surface area (Å²) < 4.78 is 75.5. The third kappa shape index (κ3) is 2.84. The van der Waals surface area contributed by atoms with E-state index in [1.54, 1.807) is 0 Å². The Morgan fingerprint density at radius 3 is 1.89 bits per heavy atom. The molecule has 0 aliphatic heterocycles. The standard InChI is InChI=1S/C11H10F6O2/c12-10(13,14)9(19,11(15,16)17)8-3-1-2-7(6-8)4-5-18/h1-3,6,18-19H,4-5H2. The quantitative estimate of drug-likeness (QED) is 0.839. The van der Waals surface area contributed by atoms with Crippen LogP contribution in [0.3, 0.4) is 0 Å². The van der Waals surface area contributed by atoms with E-state index in [0.29, 0.717) is 12.1 Å². The van der Waals surface area contributed by atoms with Crippen LogP contribution in [0, 0.1) is 0 Å². The summed E-state index contributed by atoms with van der Waals surface area (Å²) in [5, 5.41) is 17.8. The first-order chi connectivity index (χ1) is 8.54. The van der Waals surface area contributed by atoms with Gasteiger partial charge in [-0.15, -0.1) is 0 Å². The molecule has 8 heteroatoms. The van der Waals surface area contributed by atoms with Crippen LogP contribution in [0.25, 0.3) is 0 Å². The molecule has 0 saturated carbocycles. The van der Waals surface area contributed by atoms with Crippen LogP contribution in [0.2, 0.25) is 0 Å². The van der Waals surface area contributed by atoms with Gasteiger partial charge in [0.15, 0.2) is 0 Å². The molecule has 0 fully saturated rings. The van der Waals surface area contributed by atoms with Crippen LogP contribution in [0.15, 0.2) is 24.3 Å². The fourth-order valence-corrected chi connectivity index (χ4v) is 1.57. The molecule has 0 aliphatic rings. The van der Waals surface area contributed by atoms with Crippen molar-refractivity contribution >= 4 is 0 Å². The molecule has 0 atom stereocenters. The summed E-state index contributed by atoms with van der Waals surface area (Å²) >= 11 is 0. The molecule has 2 N–H and O–H groups in total. The molecule has 0 bridgehead atoms. The van der Waals surface area contributed by atoms with Gasteiger partial charge in [-0.2, -0.15) is 26.3 Å². The van der Waals surface area contributed by atoms with Gasteiger partial charge in [0.2, 0.25) is 0 Å². The lowest BCUT2D eigenvalue weighted by Crippen LogP contribution is -2.53. The van der Waals surface area contributed by atoms with Crippen molar-refractivity contribution in [3.8, 4) is 0 Å². The Morgan fingerprint density at radius 2 is 1.47 bits per heavy atom. The van der Waals surface area contributed by atoms with E-state index in [2.05, 4.69) is 0 Å². The van der Waals surface area contributed by atoms with Crippen molar-refractivity contribution in [1.82, 2.24) is 0 Å². The van der Waals surface area contributed by atoms with Gasteiger partial charge in [-0.1, -0.05) is 24.3 Å². The largest absolute Gasteiger partial charge is 0.430 e. The lowest BCUT2D eigenvalue weighted by atomic mass is 9.90. The summed E-state index contributed by atoms with van der Waals surface area (Å²) in [6.07, 6.45) is -11.9. The lowest BCUT2D eigenvalue weighted by Gasteiger charge is -2.32. The van der Waals surface area contributed by atoms with Gasteiger partial charge in [0, 0.05) is 12.2 Å². The van der Waals surface area contributed by atoms with E-state index in [-0.39, 0.29) is 12.0 Å². The van der Waals surface area contributed by atoms with E-state index < -0.39 is 30.1 Å². The first-order valence-electron chi connectivity index (χ1n) is 5.10. The topological polar surface area (TPSA) is 40.5 Å². The number of rotatable bonds is 3. The van der Waals surface area contributed by atoms with Crippen molar-refractivity contribution in [2.75, 3.05) is 6.61 Å². The summed E-state index contributed by atoms with van der Waals surface area (Å²) in [7, 11) is 0. The van der Waals surface area contributed by atoms with Crippen molar-refractivity contribution in [2.45, 2.75) is 24.4 Å². The summed E-state index contributed by atoms with van der Waals surface area (Å²) in [6.45, 7) is -0.431. The van der Waals surface area contributed by atoms with Crippen molar-refractivity contribution in [2.24, 2.45) is 0 Å². The average Bonchev–Trinajstić information content (AvgIpc) is 2.25. The zero-order valence-corrected chi connectivity index (χ0v) is 9.39. The molecule has 0 aromatic heterocycles.